The van der Waals surface area contributed by atoms with Gasteiger partial charge in [-0.1, -0.05) is 17.7 Å². The van der Waals surface area contributed by atoms with Gasteiger partial charge in [-0.25, -0.2) is 0 Å². The van der Waals surface area contributed by atoms with Crippen LogP contribution in [0.15, 0.2) is 47.3 Å². The monoisotopic (exact) mass is 357 g/mol. The van der Waals surface area contributed by atoms with Gasteiger partial charge in [-0.2, -0.15) is 0 Å². The van der Waals surface area contributed by atoms with Gasteiger partial charge in [0.2, 0.25) is 0 Å². The fraction of sp³-hybridized carbons (Fsp3) is 0.294. The van der Waals surface area contributed by atoms with Crippen molar-refractivity contribution in [2.24, 2.45) is 0 Å². The molecule has 1 aliphatic heterocycles. The number of hydrogen-bond donors (Lipinski definition) is 0. The van der Waals surface area contributed by atoms with Gasteiger partial charge in [-0.15, -0.1) is 15.0 Å². The molecule has 1 saturated heterocycles. The molecule has 3 heterocycles. The van der Waals surface area contributed by atoms with Gasteiger partial charge in [-0.05, 0) is 42.3 Å². The molecular weight excluding hydrogens is 342 g/mol. The minimum Gasteiger partial charge on any atom is -0.472 e. The number of amides is 1. The van der Waals surface area contributed by atoms with Crippen LogP contribution in [0.1, 0.15) is 34.9 Å². The van der Waals surface area contributed by atoms with Crippen molar-refractivity contribution in [3.8, 4) is 5.69 Å². The number of benzene rings is 1. The van der Waals surface area contributed by atoms with Crippen LogP contribution in [0.5, 0.6) is 0 Å². The number of tetrazole rings is 1. The molecule has 1 aliphatic rings. The molecule has 3 aromatic rings. The third-order valence-electron chi connectivity index (χ3n) is 4.31. The Kier molecular flexibility index (Phi) is 4.23. The van der Waals surface area contributed by atoms with Crippen molar-refractivity contribution in [3.05, 3.63) is 59.3 Å². The summed E-state index contributed by atoms with van der Waals surface area (Å²) in [6.45, 7) is 1.30. The Morgan fingerprint density at radius 3 is 3.04 bits per heavy atom. The Balaban J connectivity index is 1.51. The molecule has 0 N–H and O–H groups in total. The standard InChI is InChI=1S/C17H16ClN5O2/c18-14-4-1-5-15(9-14)23-20-16(19-21-23)12-3-2-7-22(10-12)17(24)13-6-8-25-11-13/h1,4-6,8-9,11-12H,2-3,7,10H2. The van der Waals surface area contributed by atoms with E-state index < -0.39 is 0 Å². The maximum Gasteiger partial charge on any atom is 0.257 e. The fourth-order valence-electron chi connectivity index (χ4n) is 3.04. The Morgan fingerprint density at radius 2 is 2.24 bits per heavy atom. The van der Waals surface area contributed by atoms with Gasteiger partial charge in [0.05, 0.1) is 17.5 Å². The first-order chi connectivity index (χ1) is 12.2. The molecule has 1 fully saturated rings. The normalized spacial score (nSPS) is 17.6. The summed E-state index contributed by atoms with van der Waals surface area (Å²) in [5.74, 6) is 0.683. The lowest BCUT2D eigenvalue weighted by Gasteiger charge is -2.30. The van der Waals surface area contributed by atoms with Gasteiger partial charge in [-0.3, -0.25) is 4.79 Å². The Bertz CT molecular complexity index is 877. The number of hydrogen-bond acceptors (Lipinski definition) is 5. The molecule has 0 spiro atoms. The third-order valence-corrected chi connectivity index (χ3v) is 4.55. The number of carbonyl (C=O) groups excluding carboxylic acids is 1. The molecular formula is C17H16ClN5O2. The average molecular weight is 358 g/mol. The molecule has 0 saturated carbocycles. The van der Waals surface area contributed by atoms with E-state index in [1.165, 1.54) is 17.3 Å². The van der Waals surface area contributed by atoms with Crippen molar-refractivity contribution in [1.29, 1.82) is 0 Å². The number of piperidine rings is 1. The summed E-state index contributed by atoms with van der Waals surface area (Å²) in [5.41, 5.74) is 1.32. The number of nitrogens with zero attached hydrogens (tertiary/aromatic N) is 5. The summed E-state index contributed by atoms with van der Waals surface area (Å²) in [6, 6.07) is 8.96. The van der Waals surface area contributed by atoms with Gasteiger partial charge in [0, 0.05) is 24.0 Å². The zero-order valence-corrected chi connectivity index (χ0v) is 14.1. The van der Waals surface area contributed by atoms with E-state index in [2.05, 4.69) is 15.4 Å². The van der Waals surface area contributed by atoms with E-state index in [9.17, 15) is 4.79 Å². The molecule has 128 valence electrons. The van der Waals surface area contributed by atoms with Crippen LogP contribution in [0.4, 0.5) is 0 Å². The summed E-state index contributed by atoms with van der Waals surface area (Å²) in [7, 11) is 0. The summed E-state index contributed by atoms with van der Waals surface area (Å²) >= 11 is 6.01. The first kappa shape index (κ1) is 15.8. The molecule has 1 aromatic carbocycles. The first-order valence-electron chi connectivity index (χ1n) is 8.08. The molecule has 1 atom stereocenters. The molecule has 25 heavy (non-hydrogen) atoms. The van der Waals surface area contributed by atoms with Crippen molar-refractivity contribution in [2.45, 2.75) is 18.8 Å². The predicted octanol–water partition coefficient (Wildman–Crippen LogP) is 2.93. The minimum atomic E-state index is -0.0271. The second kappa shape index (κ2) is 6.68. The van der Waals surface area contributed by atoms with E-state index in [1.54, 1.807) is 18.2 Å². The number of likely N-dealkylation sites (tertiary alicyclic amines) is 1. The molecule has 1 unspecified atom stereocenters. The van der Waals surface area contributed by atoms with E-state index in [1.807, 2.05) is 17.0 Å². The SMILES string of the molecule is O=C(c1ccoc1)N1CCCC(c2nnn(-c3cccc(Cl)c3)n2)C1. The number of carbonyl (C=O) groups is 1. The lowest BCUT2D eigenvalue weighted by Crippen LogP contribution is -2.39. The Morgan fingerprint density at radius 1 is 1.32 bits per heavy atom. The van der Waals surface area contributed by atoms with Crippen LogP contribution in [0.2, 0.25) is 5.02 Å². The van der Waals surface area contributed by atoms with Crippen molar-refractivity contribution >= 4 is 17.5 Å². The molecule has 4 rings (SSSR count). The smallest absolute Gasteiger partial charge is 0.257 e. The maximum absolute atomic E-state index is 12.5. The molecule has 8 heteroatoms. The number of furan rings is 1. The third kappa shape index (κ3) is 3.28. The van der Waals surface area contributed by atoms with Crippen LogP contribution in [-0.2, 0) is 0 Å². The lowest BCUT2D eigenvalue weighted by atomic mass is 9.97. The summed E-state index contributed by atoms with van der Waals surface area (Å²) < 4.78 is 5.00. The highest BCUT2D eigenvalue weighted by Gasteiger charge is 2.28. The quantitative estimate of drug-likeness (QED) is 0.720. The zero-order chi connectivity index (χ0) is 17.2. The largest absolute Gasteiger partial charge is 0.472 e. The number of halogens is 1. The van der Waals surface area contributed by atoms with Crippen LogP contribution in [-0.4, -0.2) is 44.1 Å². The van der Waals surface area contributed by atoms with Crippen LogP contribution in [0, 0.1) is 0 Å². The van der Waals surface area contributed by atoms with Gasteiger partial charge < -0.3 is 9.32 Å². The first-order valence-corrected chi connectivity index (χ1v) is 8.46. The highest BCUT2D eigenvalue weighted by atomic mass is 35.5. The van der Waals surface area contributed by atoms with Crippen LogP contribution in [0.25, 0.3) is 5.69 Å². The van der Waals surface area contributed by atoms with Crippen LogP contribution in [0.3, 0.4) is 0 Å². The van der Waals surface area contributed by atoms with Crippen LogP contribution < -0.4 is 0 Å². The van der Waals surface area contributed by atoms with Gasteiger partial charge in [0.15, 0.2) is 5.82 Å². The van der Waals surface area contributed by atoms with Gasteiger partial charge in [0.1, 0.15) is 6.26 Å². The summed E-state index contributed by atoms with van der Waals surface area (Å²) in [4.78, 5) is 15.8. The van der Waals surface area contributed by atoms with E-state index in [0.29, 0.717) is 23.0 Å². The second-order valence-electron chi connectivity index (χ2n) is 6.02. The molecule has 0 aliphatic carbocycles. The predicted molar refractivity (Wildman–Crippen MR) is 90.8 cm³/mol. The summed E-state index contributed by atoms with van der Waals surface area (Å²) in [6.07, 6.45) is 4.81. The Hall–Kier alpha value is -2.67. The van der Waals surface area contributed by atoms with E-state index in [0.717, 1.165) is 25.1 Å². The summed E-state index contributed by atoms with van der Waals surface area (Å²) in [5, 5.41) is 13.4. The maximum atomic E-state index is 12.5. The molecule has 7 nitrogen and oxygen atoms in total. The van der Waals surface area contributed by atoms with Gasteiger partial charge >= 0.3 is 0 Å². The second-order valence-corrected chi connectivity index (χ2v) is 6.46. The zero-order valence-electron chi connectivity index (χ0n) is 13.4. The molecule has 0 radical (unpaired) electrons. The molecule has 2 aromatic heterocycles. The van der Waals surface area contributed by atoms with Crippen molar-refractivity contribution in [1.82, 2.24) is 25.1 Å². The van der Waals surface area contributed by atoms with Crippen molar-refractivity contribution < 1.29 is 9.21 Å². The minimum absolute atomic E-state index is 0.0271. The fourth-order valence-corrected chi connectivity index (χ4v) is 3.22. The van der Waals surface area contributed by atoms with Crippen molar-refractivity contribution in [2.75, 3.05) is 13.1 Å². The van der Waals surface area contributed by atoms with E-state index in [-0.39, 0.29) is 11.8 Å². The topological polar surface area (TPSA) is 77.0 Å². The highest BCUT2D eigenvalue weighted by molar-refractivity contribution is 6.30. The molecule has 0 bridgehead atoms. The van der Waals surface area contributed by atoms with E-state index in [4.69, 9.17) is 16.0 Å². The van der Waals surface area contributed by atoms with Gasteiger partial charge in [0.25, 0.3) is 5.91 Å². The Labute approximate surface area is 149 Å². The van der Waals surface area contributed by atoms with Crippen molar-refractivity contribution in [3.63, 3.8) is 0 Å². The van der Waals surface area contributed by atoms with Crippen LogP contribution >= 0.6 is 11.6 Å². The average Bonchev–Trinajstić information content (AvgIpc) is 3.33. The lowest BCUT2D eigenvalue weighted by molar-refractivity contribution is 0.0703. The number of aromatic nitrogens is 4. The number of rotatable bonds is 3. The molecule has 1 amide bonds. The highest BCUT2D eigenvalue weighted by Crippen LogP contribution is 2.25. The van der Waals surface area contributed by atoms with E-state index >= 15 is 0 Å².